The zero-order chi connectivity index (χ0) is 15.6. The number of benzene rings is 2. The van der Waals surface area contributed by atoms with E-state index in [0.29, 0.717) is 16.9 Å². The van der Waals surface area contributed by atoms with Crippen LogP contribution >= 0.6 is 27.5 Å². The van der Waals surface area contributed by atoms with Crippen LogP contribution in [0.3, 0.4) is 0 Å². The first-order chi connectivity index (χ1) is 9.82. The number of hydrogen-bond donors (Lipinski definition) is 0. The highest BCUT2D eigenvalue weighted by Gasteiger charge is 2.31. The molecule has 0 aliphatic carbocycles. The Bertz CT molecular complexity index is 643. The first-order valence-electron chi connectivity index (χ1n) is 5.97. The molecule has 2 aromatic rings. The monoisotopic (exact) mass is 378 g/mol. The minimum absolute atomic E-state index is 0.364. The van der Waals surface area contributed by atoms with E-state index in [2.05, 4.69) is 15.9 Å². The average molecular weight is 380 g/mol. The lowest BCUT2D eigenvalue weighted by Crippen LogP contribution is -2.06. The van der Waals surface area contributed by atoms with Gasteiger partial charge in [0.25, 0.3) is 0 Å². The van der Waals surface area contributed by atoms with Gasteiger partial charge < -0.3 is 4.74 Å². The zero-order valence-corrected chi connectivity index (χ0v) is 13.3. The van der Waals surface area contributed by atoms with E-state index in [9.17, 15) is 13.2 Å². The third-order valence-electron chi connectivity index (χ3n) is 2.97. The Balaban J connectivity index is 2.45. The SMILES string of the molecule is COc1ccc(Br)cc1C(Cl)c1cccc(C(F)(F)F)c1. The molecule has 1 unspecified atom stereocenters. The Kier molecular flexibility index (Phi) is 4.84. The summed E-state index contributed by atoms with van der Waals surface area (Å²) >= 11 is 9.66. The summed E-state index contributed by atoms with van der Waals surface area (Å²) in [4.78, 5) is 0. The molecule has 0 saturated heterocycles. The molecule has 0 amide bonds. The topological polar surface area (TPSA) is 9.23 Å². The maximum absolute atomic E-state index is 12.8. The minimum atomic E-state index is -4.39. The molecule has 0 aliphatic heterocycles. The van der Waals surface area contributed by atoms with E-state index in [1.165, 1.54) is 13.2 Å². The van der Waals surface area contributed by atoms with E-state index < -0.39 is 17.1 Å². The molecule has 2 aromatic carbocycles. The summed E-state index contributed by atoms with van der Waals surface area (Å²) in [5.74, 6) is 0.524. The molecule has 1 atom stereocenters. The van der Waals surface area contributed by atoms with Crippen LogP contribution in [-0.2, 0) is 6.18 Å². The van der Waals surface area contributed by atoms with Crippen LogP contribution < -0.4 is 4.74 Å². The number of alkyl halides is 4. The van der Waals surface area contributed by atoms with Crippen molar-refractivity contribution in [1.29, 1.82) is 0 Å². The molecule has 2 rings (SSSR count). The average Bonchev–Trinajstić information content (AvgIpc) is 2.45. The van der Waals surface area contributed by atoms with Crippen molar-refractivity contribution in [2.45, 2.75) is 11.6 Å². The largest absolute Gasteiger partial charge is 0.496 e. The van der Waals surface area contributed by atoms with Crippen molar-refractivity contribution in [3.63, 3.8) is 0 Å². The van der Waals surface area contributed by atoms with Gasteiger partial charge in [-0.25, -0.2) is 0 Å². The Labute approximate surface area is 133 Å². The van der Waals surface area contributed by atoms with Crippen LogP contribution in [0.1, 0.15) is 22.1 Å². The van der Waals surface area contributed by atoms with Crippen molar-refractivity contribution in [2.75, 3.05) is 7.11 Å². The molecular weight excluding hydrogens is 369 g/mol. The van der Waals surface area contributed by atoms with Gasteiger partial charge in [0.2, 0.25) is 0 Å². The van der Waals surface area contributed by atoms with Gasteiger partial charge in [-0.2, -0.15) is 13.2 Å². The summed E-state index contributed by atoms with van der Waals surface area (Å²) in [7, 11) is 1.49. The maximum Gasteiger partial charge on any atom is 0.416 e. The molecule has 0 fully saturated rings. The Morgan fingerprint density at radius 1 is 1.14 bits per heavy atom. The minimum Gasteiger partial charge on any atom is -0.496 e. The summed E-state index contributed by atoms with van der Waals surface area (Å²) in [6.07, 6.45) is -4.39. The van der Waals surface area contributed by atoms with Crippen molar-refractivity contribution < 1.29 is 17.9 Å². The van der Waals surface area contributed by atoms with Crippen molar-refractivity contribution in [3.05, 3.63) is 63.6 Å². The van der Waals surface area contributed by atoms with Crippen molar-refractivity contribution in [2.24, 2.45) is 0 Å². The third kappa shape index (κ3) is 3.71. The summed E-state index contributed by atoms with van der Waals surface area (Å²) < 4.78 is 44.3. The van der Waals surface area contributed by atoms with E-state index in [0.717, 1.165) is 16.6 Å². The van der Waals surface area contributed by atoms with Gasteiger partial charge in [0.1, 0.15) is 5.75 Å². The number of ether oxygens (including phenoxy) is 1. The van der Waals surface area contributed by atoms with Gasteiger partial charge >= 0.3 is 6.18 Å². The van der Waals surface area contributed by atoms with Crippen molar-refractivity contribution >= 4 is 27.5 Å². The Morgan fingerprint density at radius 3 is 2.48 bits per heavy atom. The van der Waals surface area contributed by atoms with Gasteiger partial charge in [0, 0.05) is 10.0 Å². The summed E-state index contributed by atoms with van der Waals surface area (Å²) in [6.45, 7) is 0. The van der Waals surface area contributed by atoms with Crippen LogP contribution in [0.25, 0.3) is 0 Å². The molecule has 0 aliphatic rings. The standard InChI is InChI=1S/C15H11BrClF3O/c1-21-13-6-5-11(16)8-12(13)14(17)9-3-2-4-10(7-9)15(18,19)20/h2-8,14H,1H3. The number of halogens is 5. The van der Waals surface area contributed by atoms with Gasteiger partial charge in [0.15, 0.2) is 0 Å². The first-order valence-corrected chi connectivity index (χ1v) is 7.20. The number of methoxy groups -OCH3 is 1. The normalized spacial score (nSPS) is 13.0. The van der Waals surface area contributed by atoms with Gasteiger partial charge in [0.05, 0.1) is 18.1 Å². The fourth-order valence-corrected chi connectivity index (χ4v) is 2.64. The summed E-state index contributed by atoms with van der Waals surface area (Å²) in [6, 6.07) is 10.2. The van der Waals surface area contributed by atoms with Crippen LogP contribution in [0.2, 0.25) is 0 Å². The highest BCUT2D eigenvalue weighted by Crippen LogP contribution is 2.38. The molecule has 0 saturated carbocycles. The fourth-order valence-electron chi connectivity index (χ4n) is 1.96. The van der Waals surface area contributed by atoms with Gasteiger partial charge in [-0.1, -0.05) is 28.1 Å². The van der Waals surface area contributed by atoms with Crippen molar-refractivity contribution in [1.82, 2.24) is 0 Å². The predicted octanol–water partition coefficient (Wildman–Crippen LogP) is 5.80. The van der Waals surface area contributed by atoms with Crippen LogP contribution in [0.5, 0.6) is 5.75 Å². The maximum atomic E-state index is 12.8. The molecule has 0 spiro atoms. The molecule has 0 bridgehead atoms. The molecule has 112 valence electrons. The van der Waals surface area contributed by atoms with Crippen LogP contribution in [0.4, 0.5) is 13.2 Å². The molecular formula is C15H11BrClF3O. The van der Waals surface area contributed by atoms with E-state index in [-0.39, 0.29) is 0 Å². The zero-order valence-electron chi connectivity index (χ0n) is 10.9. The summed E-state index contributed by atoms with van der Waals surface area (Å²) in [5, 5.41) is -0.736. The number of hydrogen-bond acceptors (Lipinski definition) is 1. The fraction of sp³-hybridized carbons (Fsp3) is 0.200. The van der Waals surface area contributed by atoms with Gasteiger partial charge in [-0.05, 0) is 35.9 Å². The Morgan fingerprint density at radius 2 is 1.86 bits per heavy atom. The van der Waals surface area contributed by atoms with Crippen LogP contribution in [0.15, 0.2) is 46.9 Å². The smallest absolute Gasteiger partial charge is 0.416 e. The third-order valence-corrected chi connectivity index (χ3v) is 3.95. The highest BCUT2D eigenvalue weighted by molar-refractivity contribution is 9.10. The molecule has 0 N–H and O–H groups in total. The Hall–Kier alpha value is -1.20. The lowest BCUT2D eigenvalue weighted by Gasteiger charge is -2.16. The van der Waals surface area contributed by atoms with E-state index in [1.807, 2.05) is 0 Å². The molecule has 0 radical (unpaired) electrons. The lowest BCUT2D eigenvalue weighted by atomic mass is 10.0. The second kappa shape index (κ2) is 6.28. The number of rotatable bonds is 3. The second-order valence-corrected chi connectivity index (χ2v) is 5.72. The van der Waals surface area contributed by atoms with Gasteiger partial charge in [-0.3, -0.25) is 0 Å². The molecule has 0 heterocycles. The van der Waals surface area contributed by atoms with E-state index in [1.54, 1.807) is 24.3 Å². The molecule has 6 heteroatoms. The van der Waals surface area contributed by atoms with E-state index >= 15 is 0 Å². The van der Waals surface area contributed by atoms with Gasteiger partial charge in [-0.15, -0.1) is 11.6 Å². The predicted molar refractivity (Wildman–Crippen MR) is 79.8 cm³/mol. The van der Waals surface area contributed by atoms with Crippen LogP contribution in [0, 0.1) is 0 Å². The molecule has 1 nitrogen and oxygen atoms in total. The quantitative estimate of drug-likeness (QED) is 0.612. The second-order valence-electron chi connectivity index (χ2n) is 4.37. The lowest BCUT2D eigenvalue weighted by molar-refractivity contribution is -0.137. The molecule has 0 aromatic heterocycles. The molecule has 21 heavy (non-hydrogen) atoms. The first kappa shape index (κ1) is 16.2. The van der Waals surface area contributed by atoms with E-state index in [4.69, 9.17) is 16.3 Å². The highest BCUT2D eigenvalue weighted by atomic mass is 79.9. The van der Waals surface area contributed by atoms with Crippen molar-refractivity contribution in [3.8, 4) is 5.75 Å². The van der Waals surface area contributed by atoms with Crippen LogP contribution in [-0.4, -0.2) is 7.11 Å². The summed E-state index contributed by atoms with van der Waals surface area (Å²) in [5.41, 5.74) is 0.246.